The van der Waals surface area contributed by atoms with Gasteiger partial charge in [-0.05, 0) is 42.7 Å². The summed E-state index contributed by atoms with van der Waals surface area (Å²) in [4.78, 5) is 0. The van der Waals surface area contributed by atoms with Crippen LogP contribution in [0.5, 0.6) is 0 Å². The van der Waals surface area contributed by atoms with Gasteiger partial charge in [0.15, 0.2) is 0 Å². The van der Waals surface area contributed by atoms with Crippen molar-refractivity contribution in [2.24, 2.45) is 0 Å². The van der Waals surface area contributed by atoms with E-state index in [4.69, 9.17) is 5.26 Å². The molecule has 108 valence electrons. The Morgan fingerprint density at radius 2 is 1.90 bits per heavy atom. The third-order valence-corrected chi connectivity index (χ3v) is 3.49. The average molecular weight is 282 g/mol. The summed E-state index contributed by atoms with van der Waals surface area (Å²) in [6.45, 7) is 4.21. The highest BCUT2D eigenvalue weighted by molar-refractivity contribution is 5.51. The number of hydrogen-bond acceptors (Lipinski definition) is 2. The van der Waals surface area contributed by atoms with Crippen molar-refractivity contribution in [3.8, 4) is 6.07 Å². The molecule has 0 saturated heterocycles. The van der Waals surface area contributed by atoms with Crippen LogP contribution in [0.3, 0.4) is 0 Å². The van der Waals surface area contributed by atoms with Gasteiger partial charge in [0.05, 0.1) is 5.56 Å². The molecule has 0 spiro atoms. The Kier molecular flexibility index (Phi) is 4.94. The van der Waals surface area contributed by atoms with E-state index in [0.29, 0.717) is 0 Å². The van der Waals surface area contributed by atoms with Gasteiger partial charge in [0, 0.05) is 11.7 Å². The molecule has 0 amide bonds. The predicted molar refractivity (Wildman–Crippen MR) is 83.6 cm³/mol. The lowest BCUT2D eigenvalue weighted by Crippen LogP contribution is -2.07. The normalized spacial score (nSPS) is 11.7. The van der Waals surface area contributed by atoms with Crippen molar-refractivity contribution in [2.75, 3.05) is 5.32 Å². The highest BCUT2D eigenvalue weighted by atomic mass is 19.1. The third-order valence-electron chi connectivity index (χ3n) is 3.49. The molecule has 0 saturated carbocycles. The standard InChI is InChI=1S/C18H19FN2/c1-3-4-14-5-7-15(8-6-14)13(2)21-17-9-10-18(19)16(11-17)12-20/h5-11,13,21H,3-4H2,1-2H3. The van der Waals surface area contributed by atoms with Gasteiger partial charge in [0.25, 0.3) is 0 Å². The molecule has 0 bridgehead atoms. The molecule has 21 heavy (non-hydrogen) atoms. The van der Waals surface area contributed by atoms with E-state index in [1.54, 1.807) is 6.07 Å². The summed E-state index contributed by atoms with van der Waals surface area (Å²) in [6.07, 6.45) is 2.23. The largest absolute Gasteiger partial charge is 0.378 e. The van der Waals surface area contributed by atoms with E-state index < -0.39 is 5.82 Å². The zero-order valence-corrected chi connectivity index (χ0v) is 12.4. The lowest BCUT2D eigenvalue weighted by molar-refractivity contribution is 0.624. The number of benzene rings is 2. The highest BCUT2D eigenvalue weighted by Gasteiger charge is 2.08. The third kappa shape index (κ3) is 3.82. The molecule has 0 fully saturated rings. The van der Waals surface area contributed by atoms with E-state index in [2.05, 4.69) is 36.5 Å². The van der Waals surface area contributed by atoms with Crippen molar-refractivity contribution in [3.63, 3.8) is 0 Å². The second-order valence-electron chi connectivity index (χ2n) is 5.16. The summed E-state index contributed by atoms with van der Waals surface area (Å²) < 4.78 is 13.3. The molecule has 0 aliphatic heterocycles. The second-order valence-corrected chi connectivity index (χ2v) is 5.16. The van der Waals surface area contributed by atoms with E-state index >= 15 is 0 Å². The van der Waals surface area contributed by atoms with Crippen LogP contribution in [0.15, 0.2) is 42.5 Å². The molecule has 2 aromatic rings. The zero-order valence-electron chi connectivity index (χ0n) is 12.4. The number of rotatable bonds is 5. The van der Waals surface area contributed by atoms with Crippen molar-refractivity contribution in [2.45, 2.75) is 32.7 Å². The van der Waals surface area contributed by atoms with Gasteiger partial charge >= 0.3 is 0 Å². The first kappa shape index (κ1) is 15.1. The van der Waals surface area contributed by atoms with Crippen LogP contribution in [-0.4, -0.2) is 0 Å². The van der Waals surface area contributed by atoms with Gasteiger partial charge in [-0.3, -0.25) is 0 Å². The van der Waals surface area contributed by atoms with Crippen molar-refractivity contribution in [1.82, 2.24) is 0 Å². The van der Waals surface area contributed by atoms with Crippen molar-refractivity contribution >= 4 is 5.69 Å². The fourth-order valence-corrected chi connectivity index (χ4v) is 2.30. The van der Waals surface area contributed by atoms with E-state index in [0.717, 1.165) is 24.1 Å². The minimum atomic E-state index is -0.486. The topological polar surface area (TPSA) is 35.8 Å². The average Bonchev–Trinajstić information content (AvgIpc) is 2.50. The van der Waals surface area contributed by atoms with Crippen LogP contribution in [-0.2, 0) is 6.42 Å². The molecule has 2 nitrogen and oxygen atoms in total. The molecule has 0 aromatic heterocycles. The minimum Gasteiger partial charge on any atom is -0.378 e. The monoisotopic (exact) mass is 282 g/mol. The number of nitriles is 1. The number of hydrogen-bond donors (Lipinski definition) is 1. The Labute approximate surface area is 125 Å². The number of nitrogens with zero attached hydrogens (tertiary/aromatic N) is 1. The van der Waals surface area contributed by atoms with Crippen molar-refractivity contribution < 1.29 is 4.39 Å². The molecular formula is C18H19FN2. The predicted octanol–water partition coefficient (Wildman–Crippen LogP) is 4.82. The number of anilines is 1. The van der Waals surface area contributed by atoms with Gasteiger partial charge < -0.3 is 5.32 Å². The maximum atomic E-state index is 13.3. The van der Waals surface area contributed by atoms with Crippen molar-refractivity contribution in [3.05, 3.63) is 65.0 Å². The Hall–Kier alpha value is -2.34. The van der Waals surface area contributed by atoms with E-state index in [9.17, 15) is 4.39 Å². The van der Waals surface area contributed by atoms with Gasteiger partial charge in [0.1, 0.15) is 11.9 Å². The van der Waals surface area contributed by atoms with Gasteiger partial charge in [-0.25, -0.2) is 4.39 Å². The maximum Gasteiger partial charge on any atom is 0.141 e. The van der Waals surface area contributed by atoms with Crippen LogP contribution < -0.4 is 5.32 Å². The summed E-state index contributed by atoms with van der Waals surface area (Å²) in [5, 5.41) is 12.2. The molecule has 1 N–H and O–H groups in total. The van der Waals surface area contributed by atoms with Crippen LogP contribution in [0.1, 0.15) is 43.0 Å². The smallest absolute Gasteiger partial charge is 0.141 e. The van der Waals surface area contributed by atoms with E-state index in [-0.39, 0.29) is 11.6 Å². The van der Waals surface area contributed by atoms with Crippen LogP contribution >= 0.6 is 0 Å². The first-order valence-electron chi connectivity index (χ1n) is 7.19. The quantitative estimate of drug-likeness (QED) is 0.853. The summed E-state index contributed by atoms with van der Waals surface area (Å²) >= 11 is 0. The fourth-order valence-electron chi connectivity index (χ4n) is 2.30. The summed E-state index contributed by atoms with van der Waals surface area (Å²) in [5.74, 6) is -0.486. The number of nitrogens with one attached hydrogen (secondary N) is 1. The Morgan fingerprint density at radius 3 is 2.52 bits per heavy atom. The molecule has 1 atom stereocenters. The highest BCUT2D eigenvalue weighted by Crippen LogP contribution is 2.21. The maximum absolute atomic E-state index is 13.3. The SMILES string of the molecule is CCCc1ccc(C(C)Nc2ccc(F)c(C#N)c2)cc1. The van der Waals surface area contributed by atoms with Crippen LogP contribution in [0.25, 0.3) is 0 Å². The molecule has 0 aliphatic rings. The molecule has 0 radical (unpaired) electrons. The molecule has 0 heterocycles. The van der Waals surface area contributed by atoms with Crippen LogP contribution in [0.4, 0.5) is 10.1 Å². The molecule has 2 rings (SSSR count). The van der Waals surface area contributed by atoms with Crippen molar-refractivity contribution in [1.29, 1.82) is 5.26 Å². The zero-order chi connectivity index (χ0) is 15.2. The lowest BCUT2D eigenvalue weighted by atomic mass is 10.0. The minimum absolute atomic E-state index is 0.0606. The molecule has 1 unspecified atom stereocenters. The molecule has 2 aromatic carbocycles. The summed E-state index contributed by atoms with van der Waals surface area (Å²) in [7, 11) is 0. The second kappa shape index (κ2) is 6.90. The number of aryl methyl sites for hydroxylation is 1. The Bertz CT molecular complexity index is 641. The number of halogens is 1. The summed E-state index contributed by atoms with van der Waals surface area (Å²) in [5.41, 5.74) is 3.31. The lowest BCUT2D eigenvalue weighted by Gasteiger charge is -2.16. The fraction of sp³-hybridized carbons (Fsp3) is 0.278. The Balaban J connectivity index is 2.10. The molecular weight excluding hydrogens is 263 g/mol. The first-order valence-corrected chi connectivity index (χ1v) is 7.19. The first-order chi connectivity index (χ1) is 10.1. The van der Waals surface area contributed by atoms with E-state index in [1.807, 2.05) is 13.0 Å². The molecule has 3 heteroatoms. The van der Waals surface area contributed by atoms with Crippen LogP contribution in [0, 0.1) is 17.1 Å². The summed E-state index contributed by atoms with van der Waals surface area (Å²) in [6, 6.07) is 15.0. The molecule has 0 aliphatic carbocycles. The van der Waals surface area contributed by atoms with Gasteiger partial charge in [-0.15, -0.1) is 0 Å². The van der Waals surface area contributed by atoms with Gasteiger partial charge in [-0.1, -0.05) is 37.6 Å². The van der Waals surface area contributed by atoms with Gasteiger partial charge in [-0.2, -0.15) is 5.26 Å². The van der Waals surface area contributed by atoms with Crippen LogP contribution in [0.2, 0.25) is 0 Å². The van der Waals surface area contributed by atoms with Gasteiger partial charge in [0.2, 0.25) is 0 Å². The Morgan fingerprint density at radius 1 is 1.19 bits per heavy atom. The van der Waals surface area contributed by atoms with E-state index in [1.165, 1.54) is 17.7 Å².